The maximum Gasteiger partial charge on any atom is 0.0794 e. The second-order valence-electron chi connectivity index (χ2n) is 5.02. The molecule has 1 heterocycles. The van der Waals surface area contributed by atoms with Gasteiger partial charge < -0.3 is 5.73 Å². The van der Waals surface area contributed by atoms with Crippen LogP contribution in [-0.4, -0.2) is 11.5 Å². The lowest BCUT2D eigenvalue weighted by molar-refractivity contribution is 0.271. The number of thiazole rings is 1. The van der Waals surface area contributed by atoms with Gasteiger partial charge >= 0.3 is 0 Å². The van der Waals surface area contributed by atoms with E-state index in [-0.39, 0.29) is 0 Å². The molecule has 2 aliphatic rings. The van der Waals surface area contributed by atoms with Crippen molar-refractivity contribution in [2.75, 3.05) is 6.54 Å². The summed E-state index contributed by atoms with van der Waals surface area (Å²) in [5.41, 5.74) is 9.53. The minimum Gasteiger partial charge on any atom is -0.330 e. The van der Waals surface area contributed by atoms with E-state index < -0.39 is 0 Å². The largest absolute Gasteiger partial charge is 0.330 e. The number of nitrogens with zero attached hydrogens (tertiary/aromatic N) is 1. The lowest BCUT2D eigenvalue weighted by Crippen LogP contribution is -2.31. The molecular formula is C11H16N2S. The molecule has 2 unspecified atom stereocenters. The van der Waals surface area contributed by atoms with Gasteiger partial charge in [0.25, 0.3) is 0 Å². The number of fused-ring (bicyclic) bond motifs is 1. The molecule has 1 aromatic heterocycles. The molecule has 3 heteroatoms. The van der Waals surface area contributed by atoms with Gasteiger partial charge in [0.15, 0.2) is 0 Å². The molecule has 2 fully saturated rings. The minimum absolute atomic E-state index is 0.404. The summed E-state index contributed by atoms with van der Waals surface area (Å²) in [5.74, 6) is 2.02. The van der Waals surface area contributed by atoms with Crippen molar-refractivity contribution in [1.29, 1.82) is 0 Å². The highest BCUT2D eigenvalue weighted by Gasteiger charge is 2.52. The van der Waals surface area contributed by atoms with Crippen LogP contribution in [0, 0.1) is 17.3 Å². The average Bonchev–Trinajstić information content (AvgIpc) is 2.68. The number of nitrogens with two attached hydrogens (primary N) is 1. The predicted molar refractivity (Wildman–Crippen MR) is 58.1 cm³/mol. The molecule has 0 bridgehead atoms. The Morgan fingerprint density at radius 3 is 2.86 bits per heavy atom. The molecule has 0 spiro atoms. The summed E-state index contributed by atoms with van der Waals surface area (Å²) >= 11 is 1.69. The van der Waals surface area contributed by atoms with Gasteiger partial charge in [0.2, 0.25) is 0 Å². The first-order valence-corrected chi connectivity index (χ1v) is 6.33. The summed E-state index contributed by atoms with van der Waals surface area (Å²) in [7, 11) is 0. The fourth-order valence-electron chi connectivity index (χ4n) is 3.10. The summed E-state index contributed by atoms with van der Waals surface area (Å²) in [6, 6.07) is 0. The fourth-order valence-corrected chi connectivity index (χ4v) is 3.66. The first-order chi connectivity index (χ1) is 6.81. The van der Waals surface area contributed by atoms with Gasteiger partial charge in [0.05, 0.1) is 11.2 Å². The molecule has 3 rings (SSSR count). The Morgan fingerprint density at radius 2 is 2.29 bits per heavy atom. The van der Waals surface area contributed by atoms with Crippen molar-refractivity contribution >= 4 is 11.3 Å². The second-order valence-corrected chi connectivity index (χ2v) is 5.74. The van der Waals surface area contributed by atoms with Crippen molar-refractivity contribution < 1.29 is 0 Å². The molecule has 0 radical (unpaired) electrons. The Balaban J connectivity index is 1.75. The molecule has 2 atom stereocenters. The van der Waals surface area contributed by atoms with E-state index >= 15 is 0 Å². The number of hydrogen-bond donors (Lipinski definition) is 1. The van der Waals surface area contributed by atoms with Crippen LogP contribution >= 0.6 is 11.3 Å². The second kappa shape index (κ2) is 3.04. The van der Waals surface area contributed by atoms with Gasteiger partial charge in [-0.1, -0.05) is 0 Å². The molecule has 2 nitrogen and oxygen atoms in total. The Kier molecular flexibility index (Phi) is 1.92. The van der Waals surface area contributed by atoms with Gasteiger partial charge in [-0.2, -0.15) is 0 Å². The van der Waals surface area contributed by atoms with E-state index in [0.717, 1.165) is 24.8 Å². The van der Waals surface area contributed by atoms with Crippen molar-refractivity contribution in [1.82, 2.24) is 4.98 Å². The highest BCUT2D eigenvalue weighted by atomic mass is 32.1. The Labute approximate surface area is 88.5 Å². The normalized spacial score (nSPS) is 39.8. The van der Waals surface area contributed by atoms with Crippen LogP contribution < -0.4 is 5.73 Å². The van der Waals surface area contributed by atoms with Crippen LogP contribution in [0.4, 0.5) is 0 Å². The van der Waals surface area contributed by atoms with Crippen molar-refractivity contribution in [3.8, 4) is 0 Å². The molecule has 0 amide bonds. The summed E-state index contributed by atoms with van der Waals surface area (Å²) in [6.45, 7) is 0.845. The quantitative estimate of drug-likeness (QED) is 0.825. The van der Waals surface area contributed by atoms with Crippen molar-refractivity contribution in [3.63, 3.8) is 0 Å². The summed E-state index contributed by atoms with van der Waals surface area (Å²) in [4.78, 5) is 4.38. The number of rotatable bonds is 3. The zero-order chi connectivity index (χ0) is 9.60. The average molecular weight is 208 g/mol. The fraction of sp³-hybridized carbons (Fsp3) is 0.727. The van der Waals surface area contributed by atoms with Crippen LogP contribution in [-0.2, 0) is 6.42 Å². The van der Waals surface area contributed by atoms with Crippen LogP contribution in [0.1, 0.15) is 25.0 Å². The molecule has 2 N–H and O–H groups in total. The molecule has 2 saturated carbocycles. The highest BCUT2D eigenvalue weighted by Crippen LogP contribution is 2.60. The summed E-state index contributed by atoms with van der Waals surface area (Å²) in [6.07, 6.45) is 5.29. The number of aromatic nitrogens is 1. The zero-order valence-electron chi connectivity index (χ0n) is 8.28. The van der Waals surface area contributed by atoms with Crippen LogP contribution in [0.2, 0.25) is 0 Å². The highest BCUT2D eigenvalue weighted by molar-refractivity contribution is 7.07. The molecule has 14 heavy (non-hydrogen) atoms. The van der Waals surface area contributed by atoms with E-state index in [1.54, 1.807) is 11.3 Å². The van der Waals surface area contributed by atoms with E-state index in [9.17, 15) is 0 Å². The maximum absolute atomic E-state index is 5.94. The Morgan fingerprint density at radius 1 is 1.50 bits per heavy atom. The molecule has 0 saturated heterocycles. The van der Waals surface area contributed by atoms with E-state index in [0.29, 0.717) is 5.41 Å². The van der Waals surface area contributed by atoms with Crippen molar-refractivity contribution in [2.45, 2.75) is 25.7 Å². The first kappa shape index (κ1) is 8.86. The van der Waals surface area contributed by atoms with Crippen molar-refractivity contribution in [2.24, 2.45) is 23.0 Å². The predicted octanol–water partition coefficient (Wildman–Crippen LogP) is 2.06. The summed E-state index contributed by atoms with van der Waals surface area (Å²) in [5, 5.41) is 2.17. The Hall–Kier alpha value is -0.410. The Bertz CT molecular complexity index is 310. The van der Waals surface area contributed by atoms with Gasteiger partial charge in [-0.05, 0) is 49.5 Å². The zero-order valence-corrected chi connectivity index (χ0v) is 9.09. The lowest BCUT2D eigenvalue weighted by atomic mass is 9.79. The number of hydrogen-bond acceptors (Lipinski definition) is 3. The summed E-state index contributed by atoms with van der Waals surface area (Å²) < 4.78 is 0. The molecule has 0 aliphatic heterocycles. The van der Waals surface area contributed by atoms with E-state index in [1.807, 2.05) is 5.51 Å². The van der Waals surface area contributed by atoms with Gasteiger partial charge in [-0.3, -0.25) is 0 Å². The molecule has 0 aromatic carbocycles. The van der Waals surface area contributed by atoms with Gasteiger partial charge in [-0.25, -0.2) is 4.98 Å². The monoisotopic (exact) mass is 208 g/mol. The van der Waals surface area contributed by atoms with E-state index in [1.165, 1.54) is 25.0 Å². The van der Waals surface area contributed by atoms with Gasteiger partial charge in [-0.15, -0.1) is 11.3 Å². The van der Waals surface area contributed by atoms with Crippen molar-refractivity contribution in [3.05, 3.63) is 16.6 Å². The minimum atomic E-state index is 0.404. The van der Waals surface area contributed by atoms with Crippen LogP contribution in [0.5, 0.6) is 0 Å². The third kappa shape index (κ3) is 1.39. The molecular weight excluding hydrogens is 192 g/mol. The standard InChI is InChI=1S/C11H16N2S/c12-6-11(2-8-1-9(8)3-11)4-10-5-14-7-13-10/h5,7-9H,1-4,6,12H2. The first-order valence-electron chi connectivity index (χ1n) is 5.38. The smallest absolute Gasteiger partial charge is 0.0794 e. The lowest BCUT2D eigenvalue weighted by Gasteiger charge is -2.28. The SMILES string of the molecule is NCC1(Cc2cscn2)CC2CC2C1. The topological polar surface area (TPSA) is 38.9 Å². The van der Waals surface area contributed by atoms with Gasteiger partial charge in [0.1, 0.15) is 0 Å². The van der Waals surface area contributed by atoms with Gasteiger partial charge in [0, 0.05) is 5.38 Å². The molecule has 2 aliphatic carbocycles. The van der Waals surface area contributed by atoms with E-state index in [4.69, 9.17) is 5.73 Å². The van der Waals surface area contributed by atoms with Crippen LogP contribution in [0.15, 0.2) is 10.9 Å². The molecule has 1 aromatic rings. The third-order valence-electron chi connectivity index (χ3n) is 3.93. The maximum atomic E-state index is 5.94. The van der Waals surface area contributed by atoms with Crippen LogP contribution in [0.25, 0.3) is 0 Å². The third-order valence-corrected chi connectivity index (χ3v) is 4.57. The van der Waals surface area contributed by atoms with E-state index in [2.05, 4.69) is 10.4 Å². The molecule has 76 valence electrons. The van der Waals surface area contributed by atoms with Crippen LogP contribution in [0.3, 0.4) is 0 Å².